The van der Waals surface area contributed by atoms with E-state index in [-0.39, 0.29) is 56.9 Å². The van der Waals surface area contributed by atoms with Crippen molar-refractivity contribution in [2.75, 3.05) is 26.2 Å². The fourth-order valence-electron chi connectivity index (χ4n) is 2.05. The van der Waals surface area contributed by atoms with Crippen LogP contribution < -0.4 is 16.2 Å². The first-order chi connectivity index (χ1) is 13.6. The molecule has 0 aliphatic carbocycles. The number of aliphatic hydroxyl groups excluding tert-OH is 2. The molecule has 0 rings (SSSR count). The summed E-state index contributed by atoms with van der Waals surface area (Å²) in [5.74, 6) is -3.49. The van der Waals surface area contributed by atoms with E-state index in [1.54, 1.807) is 0 Å². The highest BCUT2D eigenvalue weighted by molar-refractivity contribution is 5.83. The predicted molar refractivity (Wildman–Crippen MR) is 92.5 cm³/mol. The van der Waals surface area contributed by atoms with Crippen molar-refractivity contribution < 1.29 is 50.6 Å². The summed E-state index contributed by atoms with van der Waals surface area (Å²) in [5.41, 5.74) is 3.48. The van der Waals surface area contributed by atoms with Crippen LogP contribution in [0.5, 0.6) is 0 Å². The highest BCUT2D eigenvalue weighted by atomic mass is 16.5. The van der Waals surface area contributed by atoms with Gasteiger partial charge in [0, 0.05) is 31.8 Å². The number of amides is 3. The largest absolute Gasteiger partial charge is 0.550 e. The number of hydroxylamine groups is 4. The molecular weight excluding hydrogens is 392 g/mol. The Kier molecular flexibility index (Phi) is 13.5. The molecule has 0 bridgehead atoms. The van der Waals surface area contributed by atoms with Crippen LogP contribution in [-0.4, -0.2) is 92.8 Å². The van der Waals surface area contributed by atoms with Gasteiger partial charge in [0.2, 0.25) is 17.7 Å². The van der Waals surface area contributed by atoms with Crippen LogP contribution in [0.1, 0.15) is 38.5 Å². The first-order valence-electron chi connectivity index (χ1n) is 9.17. The normalized spacial score (nSPS) is 12.7. The van der Waals surface area contributed by atoms with E-state index < -0.39 is 48.7 Å². The smallest absolute Gasteiger partial charge is 0.246 e. The van der Waals surface area contributed by atoms with E-state index in [0.29, 0.717) is 5.06 Å². The van der Waals surface area contributed by atoms with Crippen LogP contribution in [0.15, 0.2) is 0 Å². The first-order valence-corrected chi connectivity index (χ1v) is 9.17. The molecule has 0 aromatic carbocycles. The maximum absolute atomic E-state index is 11.7. The van der Waals surface area contributed by atoms with Crippen molar-refractivity contribution in [3.8, 4) is 0 Å². The van der Waals surface area contributed by atoms with Gasteiger partial charge >= 0.3 is 0 Å². The van der Waals surface area contributed by atoms with E-state index in [2.05, 4.69) is 11.1 Å². The van der Waals surface area contributed by atoms with Gasteiger partial charge in [-0.05, 0) is 19.3 Å². The molecule has 13 heteroatoms. The van der Waals surface area contributed by atoms with Gasteiger partial charge in [0.15, 0.2) is 0 Å². The molecular formula is C16H30N4O9. The zero-order valence-electron chi connectivity index (χ0n) is 16.2. The molecule has 0 heterocycles. The fraction of sp³-hybridized carbons (Fsp3) is 0.750. The van der Waals surface area contributed by atoms with E-state index in [0.717, 1.165) is 0 Å². The van der Waals surface area contributed by atoms with Crippen LogP contribution in [0.25, 0.3) is 0 Å². The number of carboxylic acid groups (broad SMARTS) is 1. The zero-order chi connectivity index (χ0) is 22.4. The third-order valence-corrected chi connectivity index (χ3v) is 3.90. The quantitative estimate of drug-likeness (QED) is 0.111. The summed E-state index contributed by atoms with van der Waals surface area (Å²) < 4.78 is 0. The van der Waals surface area contributed by atoms with Gasteiger partial charge in [0.1, 0.15) is 12.6 Å². The topological polar surface area (TPSA) is 218 Å². The Balaban J connectivity index is 3.99. The minimum absolute atomic E-state index is 0.0776. The number of aliphatic hydroxyl groups is 2. The second kappa shape index (κ2) is 14.6. The van der Waals surface area contributed by atoms with Gasteiger partial charge in [0.25, 0.3) is 0 Å². The Morgan fingerprint density at radius 3 is 1.83 bits per heavy atom. The molecule has 8 N–H and O–H groups in total. The van der Waals surface area contributed by atoms with E-state index in [9.17, 15) is 44.9 Å². The molecule has 2 atom stereocenters. The highest BCUT2D eigenvalue weighted by Crippen LogP contribution is 2.01. The predicted octanol–water partition coefficient (Wildman–Crippen LogP) is -4.41. The van der Waals surface area contributed by atoms with Crippen LogP contribution in [0.2, 0.25) is 0 Å². The van der Waals surface area contributed by atoms with Crippen LogP contribution in [0.3, 0.4) is 0 Å². The zero-order valence-corrected chi connectivity index (χ0v) is 16.2. The Labute approximate surface area is 167 Å². The number of carbonyl (C=O) groups is 4. The molecule has 0 saturated carbocycles. The Morgan fingerprint density at radius 1 is 0.862 bits per heavy atom. The molecule has 0 aliphatic heterocycles. The summed E-state index contributed by atoms with van der Waals surface area (Å²) in [6, 6.07) is 0. The van der Waals surface area contributed by atoms with Crippen LogP contribution >= 0.6 is 0 Å². The summed E-state index contributed by atoms with van der Waals surface area (Å²) in [4.78, 5) is 45.0. The molecule has 0 saturated heterocycles. The number of nitrogens with one attached hydrogen (secondary N) is 1. The summed E-state index contributed by atoms with van der Waals surface area (Å²) in [6.07, 6.45) is -3.21. The van der Waals surface area contributed by atoms with Gasteiger partial charge in [-0.15, -0.1) is 0 Å². The molecule has 3 amide bonds. The third-order valence-electron chi connectivity index (χ3n) is 3.90. The highest BCUT2D eigenvalue weighted by Gasteiger charge is 2.16. The number of aliphatic carboxylic acids is 1. The lowest BCUT2D eigenvalue weighted by Crippen LogP contribution is -2.56. The van der Waals surface area contributed by atoms with Crippen molar-refractivity contribution in [2.45, 2.75) is 50.7 Å². The number of quaternary nitrogens is 1. The molecule has 0 aliphatic rings. The molecule has 13 nitrogen and oxygen atoms in total. The lowest BCUT2D eigenvalue weighted by molar-refractivity contribution is -0.384. The second-order valence-electron chi connectivity index (χ2n) is 6.38. The molecule has 29 heavy (non-hydrogen) atoms. The van der Waals surface area contributed by atoms with Crippen molar-refractivity contribution in [1.29, 1.82) is 0 Å². The molecule has 0 fully saturated rings. The van der Waals surface area contributed by atoms with Crippen molar-refractivity contribution in [3.05, 3.63) is 0 Å². The number of carbonyl (C=O) groups excluding carboxylic acids is 4. The molecule has 0 radical (unpaired) electrons. The number of hydrogen-bond donors (Lipinski definition) is 6. The van der Waals surface area contributed by atoms with Crippen LogP contribution in [0, 0.1) is 0 Å². The van der Waals surface area contributed by atoms with Gasteiger partial charge in [-0.2, -0.15) is 0 Å². The number of carboxylic acids is 1. The van der Waals surface area contributed by atoms with Gasteiger partial charge in [-0.3, -0.25) is 24.8 Å². The van der Waals surface area contributed by atoms with E-state index in [4.69, 9.17) is 0 Å². The van der Waals surface area contributed by atoms with Crippen molar-refractivity contribution in [2.24, 2.45) is 0 Å². The third kappa shape index (κ3) is 13.5. The summed E-state index contributed by atoms with van der Waals surface area (Å²) in [7, 11) is 0. The lowest BCUT2D eigenvalue weighted by Gasteiger charge is -2.18. The van der Waals surface area contributed by atoms with Gasteiger partial charge in [0.05, 0.1) is 19.2 Å². The van der Waals surface area contributed by atoms with Crippen LogP contribution in [0.4, 0.5) is 0 Å². The maximum atomic E-state index is 11.7. The van der Waals surface area contributed by atoms with Crippen molar-refractivity contribution in [1.82, 2.24) is 15.4 Å². The summed E-state index contributed by atoms with van der Waals surface area (Å²) in [5, 5.41) is 51.4. The molecule has 0 aromatic rings. The first kappa shape index (κ1) is 26.7. The van der Waals surface area contributed by atoms with Gasteiger partial charge in [-0.25, -0.2) is 10.1 Å². The van der Waals surface area contributed by atoms with Crippen LogP contribution in [-0.2, 0) is 19.2 Å². The monoisotopic (exact) mass is 422 g/mol. The molecule has 0 unspecified atom stereocenters. The standard InChI is InChI=1S/C16H30N4O9/c17-9-11(21)5-7-19(28)14(24)2-1-13(23)18-10-12(22)6-8-20(29)15(25)3-4-16(26)27/h11-12,21-22,28-29H,1-10,17H2,(H,18,23)(H,26,27)/t11-,12-/m0/s1. The van der Waals surface area contributed by atoms with Crippen molar-refractivity contribution >= 4 is 23.7 Å². The second-order valence-corrected chi connectivity index (χ2v) is 6.38. The minimum Gasteiger partial charge on any atom is -0.550 e. The lowest BCUT2D eigenvalue weighted by atomic mass is 10.2. The van der Waals surface area contributed by atoms with Gasteiger partial charge in [-0.1, -0.05) is 0 Å². The molecule has 0 spiro atoms. The summed E-state index contributed by atoms with van der Waals surface area (Å²) >= 11 is 0. The average Bonchev–Trinajstić information content (AvgIpc) is 2.69. The Morgan fingerprint density at radius 2 is 1.34 bits per heavy atom. The van der Waals surface area contributed by atoms with Gasteiger partial charge < -0.3 is 31.2 Å². The Bertz CT molecular complexity index is 546. The molecule has 0 aromatic heterocycles. The van der Waals surface area contributed by atoms with E-state index >= 15 is 0 Å². The minimum atomic E-state index is -1.42. The average molecular weight is 422 g/mol. The SMILES string of the molecule is [NH3+]C[C@@H](O)CCN(O)C(=O)CCC(=O)NC[C@@H](O)CCN(O)C(=O)CCC(=O)[O-]. The number of hydrogen-bond acceptors (Lipinski definition) is 9. The summed E-state index contributed by atoms with van der Waals surface area (Å²) in [6.45, 7) is -0.295. The van der Waals surface area contributed by atoms with E-state index in [1.165, 1.54) is 0 Å². The van der Waals surface area contributed by atoms with Crippen molar-refractivity contribution in [3.63, 3.8) is 0 Å². The Hall–Kier alpha value is -2.32. The number of rotatable bonds is 15. The fourth-order valence-corrected chi connectivity index (χ4v) is 2.05. The molecule has 168 valence electrons. The maximum Gasteiger partial charge on any atom is 0.246 e. The van der Waals surface area contributed by atoms with E-state index in [1.807, 2.05) is 0 Å². The number of nitrogens with zero attached hydrogens (tertiary/aromatic N) is 2.